The monoisotopic (exact) mass is 502 g/mol. The Labute approximate surface area is 218 Å². The highest BCUT2D eigenvalue weighted by Crippen LogP contribution is 2.72. The van der Waals surface area contributed by atoms with Crippen molar-refractivity contribution in [1.82, 2.24) is 0 Å². The van der Waals surface area contributed by atoms with E-state index in [9.17, 15) is 20.1 Å². The Bertz CT molecular complexity index is 891. The number of rotatable bonds is 9. The predicted molar refractivity (Wildman–Crippen MR) is 142 cm³/mol. The maximum absolute atomic E-state index is 11.5. The number of aliphatic hydroxyl groups excluding tert-OH is 2. The molecule has 0 aromatic carbocycles. The molecule has 0 amide bonds. The summed E-state index contributed by atoms with van der Waals surface area (Å²) < 4.78 is 5.55. The van der Waals surface area contributed by atoms with E-state index in [-0.39, 0.29) is 41.8 Å². The van der Waals surface area contributed by atoms with Gasteiger partial charge in [0, 0.05) is 30.8 Å². The van der Waals surface area contributed by atoms with Crippen LogP contribution in [-0.2, 0) is 9.53 Å². The average molecular weight is 503 g/mol. The minimum absolute atomic E-state index is 0.0460. The number of hydrogen-bond donors (Lipinski definition) is 3. The van der Waals surface area contributed by atoms with Gasteiger partial charge >= 0.3 is 5.97 Å². The van der Waals surface area contributed by atoms with Crippen LogP contribution < -0.4 is 0 Å². The minimum atomic E-state index is -1.05. The number of carbonyl (C=O) groups is 1. The van der Waals surface area contributed by atoms with Crippen LogP contribution in [0.3, 0.4) is 0 Å². The second kappa shape index (κ2) is 9.85. The summed E-state index contributed by atoms with van der Waals surface area (Å²) in [5.41, 5.74) is -0.199. The lowest BCUT2D eigenvalue weighted by Crippen LogP contribution is -2.46. The van der Waals surface area contributed by atoms with E-state index in [4.69, 9.17) is 4.74 Å². The van der Waals surface area contributed by atoms with E-state index in [1.54, 1.807) is 0 Å². The highest BCUT2D eigenvalue weighted by molar-refractivity contribution is 5.66. The smallest absolute Gasteiger partial charge is 0.303 e. The molecule has 4 fully saturated rings. The van der Waals surface area contributed by atoms with Gasteiger partial charge < -0.3 is 20.1 Å². The molecule has 0 aromatic rings. The normalized spacial score (nSPS) is 41.7. The fraction of sp³-hybridized carbons (Fsp3) is 0.839. The van der Waals surface area contributed by atoms with Gasteiger partial charge in [0.25, 0.3) is 0 Å². The molecule has 4 aliphatic rings. The first kappa shape index (κ1) is 27.9. The zero-order valence-electron chi connectivity index (χ0n) is 23.4. The van der Waals surface area contributed by atoms with E-state index in [2.05, 4.69) is 39.0 Å². The molecule has 1 unspecified atom stereocenters. The maximum Gasteiger partial charge on any atom is 0.303 e. The molecule has 204 valence electrons. The topological polar surface area (TPSA) is 87.0 Å². The van der Waals surface area contributed by atoms with E-state index in [1.807, 2.05) is 13.8 Å². The van der Waals surface area contributed by atoms with Crippen molar-refractivity contribution >= 4 is 5.97 Å². The second-order valence-electron chi connectivity index (χ2n) is 13.5. The molecule has 0 saturated heterocycles. The van der Waals surface area contributed by atoms with Crippen molar-refractivity contribution < 1.29 is 24.9 Å². The van der Waals surface area contributed by atoms with Crippen molar-refractivity contribution in [1.29, 1.82) is 0 Å². The standard InChI is InChI=1S/C31H50O5/c1-20(9-10-21(2)28(4,5)36-22(3)34)26-11-12-27-23(8-7-14-29(26,27)6)16-25(18-32)31-17-24(31)13-15-30(31,35)19-33/h9-10,16,20-21,24-27,32-33,35H,7-8,11-15,17-19H2,1-6H3/t20-,21+,24-,25+,26-,27+,29-,30?,31+/m1/s1. The van der Waals surface area contributed by atoms with E-state index in [0.717, 1.165) is 19.3 Å². The van der Waals surface area contributed by atoms with Gasteiger partial charge in [-0.25, -0.2) is 0 Å². The number of carbonyl (C=O) groups excluding carboxylic acids is 1. The van der Waals surface area contributed by atoms with Crippen LogP contribution in [0.25, 0.3) is 0 Å². The van der Waals surface area contributed by atoms with E-state index in [0.29, 0.717) is 30.1 Å². The fourth-order valence-corrected chi connectivity index (χ4v) is 8.89. The van der Waals surface area contributed by atoms with Crippen molar-refractivity contribution in [3.63, 3.8) is 0 Å². The molecule has 0 aromatic heterocycles. The first-order valence-corrected chi connectivity index (χ1v) is 14.4. The third kappa shape index (κ3) is 4.52. The molecule has 3 N–H and O–H groups in total. The summed E-state index contributed by atoms with van der Waals surface area (Å²) in [7, 11) is 0. The van der Waals surface area contributed by atoms with Gasteiger partial charge in [0.1, 0.15) is 5.60 Å². The van der Waals surface area contributed by atoms with Gasteiger partial charge in [-0.05, 0) is 94.3 Å². The first-order valence-electron chi connectivity index (χ1n) is 14.4. The van der Waals surface area contributed by atoms with Crippen LogP contribution in [0.4, 0.5) is 0 Å². The molecule has 0 heterocycles. The maximum atomic E-state index is 11.5. The second-order valence-corrected chi connectivity index (χ2v) is 13.5. The van der Waals surface area contributed by atoms with E-state index >= 15 is 0 Å². The van der Waals surface area contributed by atoms with E-state index in [1.165, 1.54) is 38.2 Å². The van der Waals surface area contributed by atoms with Gasteiger partial charge in [0.2, 0.25) is 0 Å². The van der Waals surface area contributed by atoms with Crippen molar-refractivity contribution in [2.45, 2.75) is 104 Å². The summed E-state index contributed by atoms with van der Waals surface area (Å²) in [5.74, 6) is 1.79. The SMILES string of the molecule is CC(=O)OC(C)(C)[C@@H](C)C=C[C@@H](C)[C@H]1CC[C@H]2C(=C[C@@H](CO)[C@]34C[C@H]3CCC4(O)CO)CCC[C@]12C. The summed E-state index contributed by atoms with van der Waals surface area (Å²) >= 11 is 0. The predicted octanol–water partition coefficient (Wildman–Crippen LogP) is 5.43. The van der Waals surface area contributed by atoms with Gasteiger partial charge in [-0.2, -0.15) is 0 Å². The Morgan fingerprint density at radius 3 is 2.50 bits per heavy atom. The van der Waals surface area contributed by atoms with Gasteiger partial charge in [-0.3, -0.25) is 4.79 Å². The van der Waals surface area contributed by atoms with Crippen LogP contribution >= 0.6 is 0 Å². The Morgan fingerprint density at radius 2 is 1.89 bits per heavy atom. The van der Waals surface area contributed by atoms with Crippen LogP contribution in [-0.4, -0.2) is 45.7 Å². The van der Waals surface area contributed by atoms with Crippen molar-refractivity contribution in [2.75, 3.05) is 13.2 Å². The number of esters is 1. The van der Waals surface area contributed by atoms with Crippen molar-refractivity contribution in [2.24, 2.45) is 46.3 Å². The first-order chi connectivity index (χ1) is 16.8. The number of allylic oxidation sites excluding steroid dienone is 2. The van der Waals surface area contributed by atoms with Crippen LogP contribution in [0.15, 0.2) is 23.8 Å². The third-order valence-corrected chi connectivity index (χ3v) is 11.3. The van der Waals surface area contributed by atoms with Crippen LogP contribution in [0.5, 0.6) is 0 Å². The molecule has 4 saturated carbocycles. The number of hydrogen-bond acceptors (Lipinski definition) is 5. The van der Waals surface area contributed by atoms with Gasteiger partial charge in [0.15, 0.2) is 0 Å². The minimum Gasteiger partial charge on any atom is -0.459 e. The summed E-state index contributed by atoms with van der Waals surface area (Å²) in [6.45, 7) is 12.2. The lowest BCUT2D eigenvalue weighted by Gasteiger charge is -2.45. The Kier molecular flexibility index (Phi) is 7.62. The number of ether oxygens (including phenoxy) is 1. The van der Waals surface area contributed by atoms with Crippen LogP contribution in [0, 0.1) is 46.3 Å². The number of fused-ring (bicyclic) bond motifs is 2. The zero-order valence-corrected chi connectivity index (χ0v) is 23.4. The van der Waals surface area contributed by atoms with Crippen molar-refractivity contribution in [3.8, 4) is 0 Å². The van der Waals surface area contributed by atoms with Crippen LogP contribution in [0.2, 0.25) is 0 Å². The van der Waals surface area contributed by atoms with Crippen LogP contribution in [0.1, 0.15) is 92.9 Å². The molecule has 5 heteroatoms. The van der Waals surface area contributed by atoms with Gasteiger partial charge in [-0.15, -0.1) is 0 Å². The largest absolute Gasteiger partial charge is 0.459 e. The molecule has 0 aliphatic heterocycles. The van der Waals surface area contributed by atoms with Crippen molar-refractivity contribution in [3.05, 3.63) is 23.8 Å². The summed E-state index contributed by atoms with van der Waals surface area (Å²) in [6.07, 6.45) is 15.3. The van der Waals surface area contributed by atoms with Gasteiger partial charge in [0.05, 0.1) is 12.2 Å². The number of aliphatic hydroxyl groups is 3. The Balaban J connectivity index is 1.51. The molecular weight excluding hydrogens is 452 g/mol. The molecule has 0 radical (unpaired) electrons. The summed E-state index contributed by atoms with van der Waals surface area (Å²) in [4.78, 5) is 11.5. The highest BCUT2D eigenvalue weighted by Gasteiger charge is 2.72. The molecule has 0 bridgehead atoms. The fourth-order valence-electron chi connectivity index (χ4n) is 8.89. The van der Waals surface area contributed by atoms with Gasteiger partial charge in [-0.1, -0.05) is 44.6 Å². The zero-order chi connectivity index (χ0) is 26.5. The van der Waals surface area contributed by atoms with E-state index < -0.39 is 11.2 Å². The average Bonchev–Trinajstić information content (AvgIpc) is 3.34. The third-order valence-electron chi connectivity index (χ3n) is 11.3. The Hall–Kier alpha value is -1.17. The molecule has 4 rings (SSSR count). The summed E-state index contributed by atoms with van der Waals surface area (Å²) in [5, 5.41) is 31.7. The molecular formula is C31H50O5. The molecule has 36 heavy (non-hydrogen) atoms. The quantitative estimate of drug-likeness (QED) is 0.289. The Morgan fingerprint density at radius 1 is 1.17 bits per heavy atom. The molecule has 5 nitrogen and oxygen atoms in total. The molecule has 9 atom stereocenters. The lowest BCUT2D eigenvalue weighted by atomic mass is 9.60. The highest BCUT2D eigenvalue weighted by atomic mass is 16.6. The molecule has 0 spiro atoms. The summed E-state index contributed by atoms with van der Waals surface area (Å²) in [6, 6.07) is 0. The molecule has 4 aliphatic carbocycles. The lowest BCUT2D eigenvalue weighted by molar-refractivity contribution is -0.156.